The van der Waals surface area contributed by atoms with Crippen LogP contribution in [0.15, 0.2) is 103 Å². The van der Waals surface area contributed by atoms with E-state index in [9.17, 15) is 4.79 Å². The molecular formula is C25H23N3O2. The van der Waals surface area contributed by atoms with E-state index in [0.29, 0.717) is 22.5 Å². The van der Waals surface area contributed by atoms with Gasteiger partial charge in [0.1, 0.15) is 11.5 Å². The molecule has 0 heterocycles. The molecule has 0 unspecified atom stereocenters. The first-order valence-corrected chi connectivity index (χ1v) is 9.35. The highest BCUT2D eigenvalue weighted by molar-refractivity contribution is 6.09. The third-order valence-corrected chi connectivity index (χ3v) is 4.20. The van der Waals surface area contributed by atoms with Crippen LogP contribution in [0.25, 0.3) is 0 Å². The molecule has 150 valence electrons. The molecule has 4 rings (SSSR count). The van der Waals surface area contributed by atoms with Crippen LogP contribution in [0.4, 0.5) is 17.1 Å². The van der Waals surface area contributed by atoms with Crippen molar-refractivity contribution in [2.45, 2.75) is 0 Å². The molecule has 0 saturated heterocycles. The number of ketones is 1. The van der Waals surface area contributed by atoms with Gasteiger partial charge >= 0.3 is 0 Å². The molecular weight excluding hydrogens is 374 g/mol. The Morgan fingerprint density at radius 3 is 1.30 bits per heavy atom. The maximum Gasteiger partial charge on any atom is 0.193 e. The van der Waals surface area contributed by atoms with Gasteiger partial charge in [-0.25, -0.2) is 0 Å². The quantitative estimate of drug-likeness (QED) is 0.326. The van der Waals surface area contributed by atoms with E-state index in [2.05, 4.69) is 0 Å². The molecule has 0 spiro atoms. The number of hydrogen-bond acceptors (Lipinski definition) is 5. The van der Waals surface area contributed by atoms with Crippen molar-refractivity contribution in [1.82, 2.24) is 0 Å². The van der Waals surface area contributed by atoms with Gasteiger partial charge in [0.05, 0.1) is 0 Å². The second-order valence-electron chi connectivity index (χ2n) is 6.56. The van der Waals surface area contributed by atoms with Crippen molar-refractivity contribution in [2.75, 3.05) is 17.2 Å². The fourth-order valence-electron chi connectivity index (χ4n) is 2.60. The van der Waals surface area contributed by atoms with E-state index in [-0.39, 0.29) is 5.78 Å². The Morgan fingerprint density at radius 1 is 0.500 bits per heavy atom. The number of nitrogens with two attached hydrogens (primary N) is 3. The van der Waals surface area contributed by atoms with Crippen molar-refractivity contribution in [1.29, 1.82) is 0 Å². The maximum atomic E-state index is 12.0. The number of rotatable bonds is 4. The SMILES string of the molecule is Nc1ccc(C(=O)c2ccc(N)cc2)cc1.Nc1ccc(Oc2ccccc2)cc1. The van der Waals surface area contributed by atoms with Gasteiger partial charge in [-0.1, -0.05) is 18.2 Å². The lowest BCUT2D eigenvalue weighted by Gasteiger charge is -2.04. The van der Waals surface area contributed by atoms with Gasteiger partial charge in [-0.05, 0) is 84.9 Å². The predicted octanol–water partition coefficient (Wildman–Crippen LogP) is 5.14. The molecule has 0 aliphatic carbocycles. The van der Waals surface area contributed by atoms with Crippen molar-refractivity contribution in [2.24, 2.45) is 0 Å². The molecule has 6 N–H and O–H groups in total. The number of carbonyl (C=O) groups excluding carboxylic acids is 1. The maximum absolute atomic E-state index is 12.0. The van der Waals surface area contributed by atoms with Crippen molar-refractivity contribution < 1.29 is 9.53 Å². The second kappa shape index (κ2) is 9.80. The minimum absolute atomic E-state index is 0.0278. The van der Waals surface area contributed by atoms with Gasteiger partial charge < -0.3 is 21.9 Å². The summed E-state index contributed by atoms with van der Waals surface area (Å²) in [6.45, 7) is 0. The molecule has 0 aliphatic heterocycles. The smallest absolute Gasteiger partial charge is 0.193 e. The van der Waals surface area contributed by atoms with Crippen molar-refractivity contribution in [3.8, 4) is 11.5 Å². The van der Waals surface area contributed by atoms with E-state index in [0.717, 1.165) is 17.2 Å². The highest BCUT2D eigenvalue weighted by atomic mass is 16.5. The number of anilines is 3. The summed E-state index contributed by atoms with van der Waals surface area (Å²) in [6, 6.07) is 30.7. The van der Waals surface area contributed by atoms with Gasteiger partial charge in [0, 0.05) is 28.2 Å². The molecule has 0 radical (unpaired) electrons. The molecule has 30 heavy (non-hydrogen) atoms. The van der Waals surface area contributed by atoms with E-state index in [4.69, 9.17) is 21.9 Å². The third-order valence-electron chi connectivity index (χ3n) is 4.20. The van der Waals surface area contributed by atoms with Crippen molar-refractivity contribution in [3.05, 3.63) is 114 Å². The lowest BCUT2D eigenvalue weighted by Crippen LogP contribution is -2.01. The monoisotopic (exact) mass is 397 g/mol. The summed E-state index contributed by atoms with van der Waals surface area (Å²) in [7, 11) is 0. The lowest BCUT2D eigenvalue weighted by molar-refractivity contribution is 0.103. The Balaban J connectivity index is 0.000000172. The van der Waals surface area contributed by atoms with Gasteiger partial charge in [0.25, 0.3) is 0 Å². The zero-order chi connectivity index (χ0) is 21.3. The van der Waals surface area contributed by atoms with Gasteiger partial charge in [0.15, 0.2) is 5.78 Å². The Bertz CT molecular complexity index is 1030. The molecule has 0 amide bonds. The van der Waals surface area contributed by atoms with Gasteiger partial charge in [0.2, 0.25) is 0 Å². The average Bonchev–Trinajstić information content (AvgIpc) is 2.77. The van der Waals surface area contributed by atoms with E-state index in [1.54, 1.807) is 48.5 Å². The topological polar surface area (TPSA) is 104 Å². The molecule has 0 aromatic heterocycles. The first-order valence-electron chi connectivity index (χ1n) is 9.35. The molecule has 5 nitrogen and oxygen atoms in total. The lowest BCUT2D eigenvalue weighted by atomic mass is 10.0. The van der Waals surface area contributed by atoms with Crippen LogP contribution in [0.1, 0.15) is 15.9 Å². The van der Waals surface area contributed by atoms with Crippen LogP contribution in [0.2, 0.25) is 0 Å². The normalized spacial score (nSPS) is 9.87. The summed E-state index contributed by atoms with van der Waals surface area (Å²) in [5, 5.41) is 0. The minimum Gasteiger partial charge on any atom is -0.457 e. The number of ether oxygens (including phenoxy) is 1. The predicted molar refractivity (Wildman–Crippen MR) is 123 cm³/mol. The molecule has 0 saturated carbocycles. The third kappa shape index (κ3) is 5.87. The van der Waals surface area contributed by atoms with Crippen molar-refractivity contribution in [3.63, 3.8) is 0 Å². The van der Waals surface area contributed by atoms with Crippen LogP contribution >= 0.6 is 0 Å². The number of hydrogen-bond donors (Lipinski definition) is 3. The average molecular weight is 397 g/mol. The Kier molecular flexibility index (Phi) is 6.69. The zero-order valence-corrected chi connectivity index (χ0v) is 16.4. The fraction of sp³-hybridized carbons (Fsp3) is 0. The van der Waals surface area contributed by atoms with Gasteiger partial charge in [-0.2, -0.15) is 0 Å². The first kappa shape index (κ1) is 20.5. The molecule has 5 heteroatoms. The molecule has 0 fully saturated rings. The number of benzene rings is 4. The largest absolute Gasteiger partial charge is 0.457 e. The van der Waals surface area contributed by atoms with Gasteiger partial charge in [-0.3, -0.25) is 4.79 Å². The minimum atomic E-state index is -0.0278. The van der Waals surface area contributed by atoms with Crippen LogP contribution in [0, 0.1) is 0 Å². The molecule has 4 aromatic rings. The van der Waals surface area contributed by atoms with E-state index >= 15 is 0 Å². The summed E-state index contributed by atoms with van der Waals surface area (Å²) in [5.41, 5.74) is 20.0. The zero-order valence-electron chi connectivity index (χ0n) is 16.4. The standard InChI is InChI=1S/C13H12N2O.C12H11NO/c14-11-5-1-9(2-6-11)13(16)10-3-7-12(15)8-4-10;13-10-6-8-12(9-7-10)14-11-4-2-1-3-5-11/h1-8H,14-15H2;1-9H,13H2. The Morgan fingerprint density at radius 2 is 0.867 bits per heavy atom. The molecule has 4 aromatic carbocycles. The van der Waals surface area contributed by atoms with Crippen LogP contribution in [-0.2, 0) is 0 Å². The van der Waals surface area contributed by atoms with E-state index in [1.165, 1.54) is 0 Å². The number of para-hydroxylation sites is 1. The highest BCUT2D eigenvalue weighted by Crippen LogP contribution is 2.21. The van der Waals surface area contributed by atoms with Crippen LogP contribution in [0.3, 0.4) is 0 Å². The van der Waals surface area contributed by atoms with E-state index in [1.807, 2.05) is 54.6 Å². The fourth-order valence-corrected chi connectivity index (χ4v) is 2.60. The summed E-state index contributed by atoms with van der Waals surface area (Å²) >= 11 is 0. The second-order valence-corrected chi connectivity index (χ2v) is 6.56. The van der Waals surface area contributed by atoms with E-state index < -0.39 is 0 Å². The summed E-state index contributed by atoms with van der Waals surface area (Å²) in [5.74, 6) is 1.60. The number of nitrogen functional groups attached to an aromatic ring is 3. The van der Waals surface area contributed by atoms with Crippen LogP contribution < -0.4 is 21.9 Å². The molecule has 0 bridgehead atoms. The Labute approximate surface area is 175 Å². The first-order chi connectivity index (χ1) is 14.5. The molecule has 0 atom stereocenters. The van der Waals surface area contributed by atoms with Crippen molar-refractivity contribution >= 4 is 22.8 Å². The summed E-state index contributed by atoms with van der Waals surface area (Å²) < 4.78 is 5.58. The van der Waals surface area contributed by atoms with Gasteiger partial charge in [-0.15, -0.1) is 0 Å². The Hall–Kier alpha value is -4.25. The molecule has 0 aliphatic rings. The summed E-state index contributed by atoms with van der Waals surface area (Å²) in [4.78, 5) is 12.0. The van der Waals surface area contributed by atoms with Crippen LogP contribution in [-0.4, -0.2) is 5.78 Å². The summed E-state index contributed by atoms with van der Waals surface area (Å²) in [6.07, 6.45) is 0. The van der Waals surface area contributed by atoms with Crippen LogP contribution in [0.5, 0.6) is 11.5 Å². The number of carbonyl (C=O) groups is 1. The highest BCUT2D eigenvalue weighted by Gasteiger charge is 2.07.